The van der Waals surface area contributed by atoms with Crippen LogP contribution in [0.3, 0.4) is 0 Å². The molecule has 116 valence electrons. The van der Waals surface area contributed by atoms with Gasteiger partial charge in [-0.2, -0.15) is 5.10 Å². The minimum Gasteiger partial charge on any atom is -0.496 e. The number of methoxy groups -OCH3 is 1. The van der Waals surface area contributed by atoms with Gasteiger partial charge in [0.2, 0.25) is 5.91 Å². The van der Waals surface area contributed by atoms with E-state index in [4.69, 9.17) is 4.74 Å². The van der Waals surface area contributed by atoms with Crippen LogP contribution in [0, 0.1) is 0 Å². The SMILES string of the molecule is COc1ccc(C2SCCN2C(=O)Cn2cncn2)cc1Br. The molecule has 2 heterocycles. The Hall–Kier alpha value is -1.54. The molecule has 2 aromatic rings. The fraction of sp³-hybridized carbons (Fsp3) is 0.357. The highest BCUT2D eigenvalue weighted by Crippen LogP contribution is 2.40. The number of amides is 1. The van der Waals surface area contributed by atoms with E-state index in [-0.39, 0.29) is 17.8 Å². The number of thioether (sulfide) groups is 1. The maximum absolute atomic E-state index is 12.5. The first-order chi connectivity index (χ1) is 10.7. The van der Waals surface area contributed by atoms with Crippen LogP contribution in [-0.2, 0) is 11.3 Å². The molecule has 1 amide bonds. The Morgan fingerprint density at radius 2 is 2.41 bits per heavy atom. The first-order valence-electron chi connectivity index (χ1n) is 6.76. The summed E-state index contributed by atoms with van der Waals surface area (Å²) in [4.78, 5) is 18.2. The fourth-order valence-corrected chi connectivity index (χ4v) is 4.21. The van der Waals surface area contributed by atoms with Gasteiger partial charge in [0.1, 0.15) is 30.3 Å². The average molecular weight is 383 g/mol. The molecule has 1 fully saturated rings. The maximum atomic E-state index is 12.5. The van der Waals surface area contributed by atoms with Crippen LogP contribution in [0.15, 0.2) is 35.3 Å². The van der Waals surface area contributed by atoms with Gasteiger partial charge in [0, 0.05) is 12.3 Å². The van der Waals surface area contributed by atoms with Crippen LogP contribution < -0.4 is 4.74 Å². The second-order valence-electron chi connectivity index (χ2n) is 4.80. The number of hydrogen-bond donors (Lipinski definition) is 0. The summed E-state index contributed by atoms with van der Waals surface area (Å²) >= 11 is 5.26. The summed E-state index contributed by atoms with van der Waals surface area (Å²) in [7, 11) is 1.64. The molecule has 0 aliphatic carbocycles. The van der Waals surface area contributed by atoms with Crippen LogP contribution in [0.5, 0.6) is 5.75 Å². The summed E-state index contributed by atoms with van der Waals surface area (Å²) in [5, 5.41) is 4.02. The minimum absolute atomic E-state index is 0.0261. The first-order valence-corrected chi connectivity index (χ1v) is 8.60. The lowest BCUT2D eigenvalue weighted by atomic mass is 10.2. The summed E-state index contributed by atoms with van der Waals surface area (Å²) < 4.78 is 7.69. The van der Waals surface area contributed by atoms with Crippen molar-refractivity contribution in [1.29, 1.82) is 0 Å². The fourth-order valence-electron chi connectivity index (χ4n) is 2.38. The lowest BCUT2D eigenvalue weighted by Crippen LogP contribution is -2.33. The van der Waals surface area contributed by atoms with Gasteiger partial charge in [0.05, 0.1) is 11.6 Å². The number of benzene rings is 1. The summed E-state index contributed by atoms with van der Waals surface area (Å²) in [6.07, 6.45) is 2.99. The van der Waals surface area contributed by atoms with E-state index in [1.54, 1.807) is 29.9 Å². The van der Waals surface area contributed by atoms with Gasteiger partial charge >= 0.3 is 0 Å². The molecule has 22 heavy (non-hydrogen) atoms. The molecule has 0 spiro atoms. The maximum Gasteiger partial charge on any atom is 0.245 e. The van der Waals surface area contributed by atoms with Crippen molar-refractivity contribution in [3.8, 4) is 5.75 Å². The number of hydrogen-bond acceptors (Lipinski definition) is 5. The molecule has 0 saturated carbocycles. The van der Waals surface area contributed by atoms with Crippen molar-refractivity contribution in [3.05, 3.63) is 40.9 Å². The van der Waals surface area contributed by atoms with Gasteiger partial charge in [-0.25, -0.2) is 9.67 Å². The Labute approximate surface area is 141 Å². The molecule has 1 aliphatic rings. The zero-order valence-corrected chi connectivity index (χ0v) is 14.4. The zero-order valence-electron chi connectivity index (χ0n) is 12.0. The number of rotatable bonds is 4. The van der Waals surface area contributed by atoms with Crippen molar-refractivity contribution in [1.82, 2.24) is 19.7 Å². The molecule has 1 aromatic carbocycles. The predicted molar refractivity (Wildman–Crippen MR) is 87.6 cm³/mol. The second kappa shape index (κ2) is 6.70. The minimum atomic E-state index is 0.0261. The molecule has 0 radical (unpaired) electrons. The highest BCUT2D eigenvalue weighted by Gasteiger charge is 2.31. The van der Waals surface area contributed by atoms with Crippen LogP contribution in [-0.4, -0.2) is 45.0 Å². The molecule has 3 rings (SSSR count). The van der Waals surface area contributed by atoms with Gasteiger partial charge in [0.25, 0.3) is 0 Å². The van der Waals surface area contributed by atoms with Crippen LogP contribution >= 0.6 is 27.7 Å². The Balaban J connectivity index is 1.78. The Kier molecular flexibility index (Phi) is 4.68. The van der Waals surface area contributed by atoms with E-state index in [0.717, 1.165) is 28.1 Å². The molecule has 6 nitrogen and oxygen atoms in total. The zero-order chi connectivity index (χ0) is 15.5. The van der Waals surface area contributed by atoms with Crippen molar-refractivity contribution >= 4 is 33.6 Å². The molecular formula is C14H15BrN4O2S. The van der Waals surface area contributed by atoms with E-state index < -0.39 is 0 Å². The van der Waals surface area contributed by atoms with E-state index in [0.29, 0.717) is 0 Å². The van der Waals surface area contributed by atoms with E-state index >= 15 is 0 Å². The van der Waals surface area contributed by atoms with Crippen LogP contribution in [0.2, 0.25) is 0 Å². The predicted octanol–water partition coefficient (Wildman–Crippen LogP) is 2.32. The number of nitrogens with zero attached hydrogens (tertiary/aromatic N) is 4. The summed E-state index contributed by atoms with van der Waals surface area (Å²) in [5.41, 5.74) is 1.09. The third-order valence-electron chi connectivity index (χ3n) is 3.44. The van der Waals surface area contributed by atoms with Crippen molar-refractivity contribution < 1.29 is 9.53 Å². The smallest absolute Gasteiger partial charge is 0.245 e. The number of carbonyl (C=O) groups is 1. The quantitative estimate of drug-likeness (QED) is 0.811. The van der Waals surface area contributed by atoms with Gasteiger partial charge in [-0.1, -0.05) is 6.07 Å². The lowest BCUT2D eigenvalue weighted by molar-refractivity contribution is -0.132. The molecule has 1 saturated heterocycles. The molecule has 0 bridgehead atoms. The van der Waals surface area contributed by atoms with Crippen LogP contribution in [0.4, 0.5) is 0 Å². The highest BCUT2D eigenvalue weighted by atomic mass is 79.9. The molecule has 1 unspecified atom stereocenters. The average Bonchev–Trinajstić information content (AvgIpc) is 3.18. The Morgan fingerprint density at radius 1 is 1.55 bits per heavy atom. The second-order valence-corrected chi connectivity index (χ2v) is 6.84. The van der Waals surface area contributed by atoms with E-state index in [1.807, 2.05) is 23.1 Å². The third kappa shape index (κ3) is 3.12. The topological polar surface area (TPSA) is 60.2 Å². The highest BCUT2D eigenvalue weighted by molar-refractivity contribution is 9.10. The number of halogens is 1. The van der Waals surface area contributed by atoms with E-state index in [9.17, 15) is 4.79 Å². The number of aromatic nitrogens is 3. The molecule has 0 N–H and O–H groups in total. The van der Waals surface area contributed by atoms with Gasteiger partial charge < -0.3 is 9.64 Å². The van der Waals surface area contributed by atoms with Gasteiger partial charge in [-0.05, 0) is 33.6 Å². The van der Waals surface area contributed by atoms with Gasteiger partial charge in [-0.3, -0.25) is 4.79 Å². The van der Waals surface area contributed by atoms with E-state index in [2.05, 4.69) is 26.0 Å². The monoisotopic (exact) mass is 382 g/mol. The van der Waals surface area contributed by atoms with Gasteiger partial charge in [-0.15, -0.1) is 11.8 Å². The van der Waals surface area contributed by atoms with Crippen molar-refractivity contribution in [2.45, 2.75) is 11.9 Å². The molecule has 1 aromatic heterocycles. The first kappa shape index (κ1) is 15.4. The number of ether oxygens (including phenoxy) is 1. The standard InChI is InChI=1S/C14H15BrN4O2S/c1-21-12-3-2-10(6-11(12)15)14-19(4-5-22-14)13(20)7-18-9-16-8-17-18/h2-3,6,8-9,14H,4-5,7H2,1H3. The molecule has 1 atom stereocenters. The van der Waals surface area contributed by atoms with Crippen LogP contribution in [0.25, 0.3) is 0 Å². The summed E-state index contributed by atoms with van der Waals surface area (Å²) in [6, 6.07) is 5.93. The molecular weight excluding hydrogens is 368 g/mol. The molecule has 8 heteroatoms. The van der Waals surface area contributed by atoms with Gasteiger partial charge in [0.15, 0.2) is 0 Å². The van der Waals surface area contributed by atoms with Crippen molar-refractivity contribution in [3.63, 3.8) is 0 Å². The third-order valence-corrected chi connectivity index (χ3v) is 5.32. The summed E-state index contributed by atoms with van der Waals surface area (Å²) in [6.45, 7) is 0.959. The lowest BCUT2D eigenvalue weighted by Gasteiger charge is -2.24. The Morgan fingerprint density at radius 3 is 3.09 bits per heavy atom. The van der Waals surface area contributed by atoms with Crippen molar-refractivity contribution in [2.75, 3.05) is 19.4 Å². The van der Waals surface area contributed by atoms with Crippen molar-refractivity contribution in [2.24, 2.45) is 0 Å². The van der Waals surface area contributed by atoms with Crippen LogP contribution in [0.1, 0.15) is 10.9 Å². The largest absolute Gasteiger partial charge is 0.496 e. The Bertz CT molecular complexity index is 665. The van der Waals surface area contributed by atoms with E-state index in [1.165, 1.54) is 6.33 Å². The normalized spacial score (nSPS) is 17.7. The molecule has 1 aliphatic heterocycles. The number of carbonyl (C=O) groups excluding carboxylic acids is 1. The summed E-state index contributed by atoms with van der Waals surface area (Å²) in [5.74, 6) is 1.76.